The van der Waals surface area contributed by atoms with E-state index in [-0.39, 0.29) is 17.9 Å². The fourth-order valence-electron chi connectivity index (χ4n) is 2.94. The van der Waals surface area contributed by atoms with Crippen LogP contribution in [-0.4, -0.2) is 77.0 Å². The van der Waals surface area contributed by atoms with E-state index in [1.165, 1.54) is 0 Å². The summed E-state index contributed by atoms with van der Waals surface area (Å²) in [6, 6.07) is -0.0239. The van der Waals surface area contributed by atoms with Crippen LogP contribution in [0.1, 0.15) is 26.2 Å². The summed E-state index contributed by atoms with van der Waals surface area (Å²) in [4.78, 5) is 40.1. The normalized spacial score (nSPS) is 21.1. The molecule has 2 rings (SSSR count). The third-order valence-corrected chi connectivity index (χ3v) is 4.33. The lowest BCUT2D eigenvalue weighted by molar-refractivity contribution is -0.143. The highest BCUT2D eigenvalue weighted by Gasteiger charge is 2.30. The monoisotopic (exact) mass is 297 g/mol. The summed E-state index contributed by atoms with van der Waals surface area (Å²) < 4.78 is 0. The molecule has 0 aliphatic carbocycles. The number of carbonyl (C=O) groups excluding carboxylic acids is 2. The molecule has 2 heterocycles. The smallest absolute Gasteiger partial charge is 0.320 e. The van der Waals surface area contributed by atoms with E-state index in [4.69, 9.17) is 5.11 Å². The first-order chi connectivity index (χ1) is 9.99. The first-order valence-electron chi connectivity index (χ1n) is 7.51. The summed E-state index contributed by atoms with van der Waals surface area (Å²) in [5.41, 5.74) is 0. The summed E-state index contributed by atoms with van der Waals surface area (Å²) in [6.45, 7) is 5.03. The molecule has 0 spiro atoms. The summed E-state index contributed by atoms with van der Waals surface area (Å²) in [6.07, 6.45) is 1.83. The molecule has 0 radical (unpaired) electrons. The predicted octanol–water partition coefficient (Wildman–Crippen LogP) is 0.457. The van der Waals surface area contributed by atoms with Gasteiger partial charge in [-0.25, -0.2) is 4.79 Å². The minimum atomic E-state index is -0.769. The van der Waals surface area contributed by atoms with Gasteiger partial charge in [0, 0.05) is 46.2 Å². The van der Waals surface area contributed by atoms with Crippen molar-refractivity contribution in [3.05, 3.63) is 0 Å². The Hall–Kier alpha value is -1.79. The first kappa shape index (κ1) is 15.6. The highest BCUT2D eigenvalue weighted by molar-refractivity contribution is 5.76. The van der Waals surface area contributed by atoms with Gasteiger partial charge in [0.05, 0.1) is 5.92 Å². The molecule has 1 N–H and O–H groups in total. The second-order valence-corrected chi connectivity index (χ2v) is 5.73. The van der Waals surface area contributed by atoms with Crippen molar-refractivity contribution in [3.8, 4) is 0 Å². The fraction of sp³-hybridized carbons (Fsp3) is 0.786. The number of rotatable bonds is 1. The van der Waals surface area contributed by atoms with Crippen LogP contribution >= 0.6 is 0 Å². The van der Waals surface area contributed by atoms with Crippen molar-refractivity contribution in [1.82, 2.24) is 14.7 Å². The van der Waals surface area contributed by atoms with Crippen molar-refractivity contribution in [2.75, 3.05) is 39.3 Å². The average molecular weight is 297 g/mol. The van der Waals surface area contributed by atoms with Gasteiger partial charge in [-0.15, -0.1) is 0 Å². The SMILES string of the molecule is CC(=O)N1CCCN(C(=O)N2CCC(C(=O)O)CC2)CC1. The van der Waals surface area contributed by atoms with E-state index in [1.807, 2.05) is 0 Å². The van der Waals surface area contributed by atoms with Crippen LogP contribution in [-0.2, 0) is 9.59 Å². The van der Waals surface area contributed by atoms with Gasteiger partial charge in [-0.1, -0.05) is 0 Å². The number of amides is 3. The van der Waals surface area contributed by atoms with Crippen LogP contribution in [0.25, 0.3) is 0 Å². The molecule has 2 aliphatic heterocycles. The minimum absolute atomic E-state index is 0.0239. The number of hydrogen-bond donors (Lipinski definition) is 1. The maximum absolute atomic E-state index is 12.5. The van der Waals surface area contributed by atoms with Gasteiger partial charge >= 0.3 is 12.0 Å². The molecule has 0 bridgehead atoms. The van der Waals surface area contributed by atoms with Crippen LogP contribution < -0.4 is 0 Å². The summed E-state index contributed by atoms with van der Waals surface area (Å²) in [5, 5.41) is 8.98. The molecule has 0 aromatic carbocycles. The Bertz CT molecular complexity index is 418. The van der Waals surface area contributed by atoms with Gasteiger partial charge in [-0.3, -0.25) is 9.59 Å². The molecule has 2 fully saturated rings. The zero-order valence-electron chi connectivity index (χ0n) is 12.5. The summed E-state index contributed by atoms with van der Waals surface area (Å²) in [7, 11) is 0. The topological polar surface area (TPSA) is 81.2 Å². The standard InChI is InChI=1S/C14H23N3O4/c1-11(18)15-5-2-6-16(10-9-15)14(21)17-7-3-12(4-8-17)13(19)20/h12H,2-10H2,1H3,(H,19,20). The van der Waals surface area contributed by atoms with E-state index >= 15 is 0 Å². The van der Waals surface area contributed by atoms with Gasteiger partial charge in [0.15, 0.2) is 0 Å². The Balaban J connectivity index is 1.86. The lowest BCUT2D eigenvalue weighted by Crippen LogP contribution is -2.48. The third kappa shape index (κ3) is 3.86. The van der Waals surface area contributed by atoms with Crippen LogP contribution in [0.2, 0.25) is 0 Å². The molecule has 2 saturated heterocycles. The highest BCUT2D eigenvalue weighted by atomic mass is 16.4. The van der Waals surface area contributed by atoms with Crippen LogP contribution in [0, 0.1) is 5.92 Å². The molecule has 118 valence electrons. The van der Waals surface area contributed by atoms with Gasteiger partial charge < -0.3 is 19.8 Å². The van der Waals surface area contributed by atoms with Gasteiger partial charge in [0.2, 0.25) is 5.91 Å². The number of aliphatic carboxylic acids is 1. The van der Waals surface area contributed by atoms with Crippen molar-refractivity contribution in [3.63, 3.8) is 0 Å². The molecule has 3 amide bonds. The second-order valence-electron chi connectivity index (χ2n) is 5.73. The number of carboxylic acid groups (broad SMARTS) is 1. The highest BCUT2D eigenvalue weighted by Crippen LogP contribution is 2.19. The van der Waals surface area contributed by atoms with E-state index in [1.54, 1.807) is 21.6 Å². The number of carbonyl (C=O) groups is 3. The Morgan fingerprint density at radius 2 is 1.38 bits per heavy atom. The van der Waals surface area contributed by atoms with Gasteiger partial charge in [0.1, 0.15) is 0 Å². The molecule has 7 nitrogen and oxygen atoms in total. The van der Waals surface area contributed by atoms with Gasteiger partial charge in [0.25, 0.3) is 0 Å². The number of likely N-dealkylation sites (tertiary alicyclic amines) is 1. The van der Waals surface area contributed by atoms with E-state index in [9.17, 15) is 14.4 Å². The third-order valence-electron chi connectivity index (χ3n) is 4.33. The number of piperidine rings is 1. The maximum Gasteiger partial charge on any atom is 0.320 e. The number of carboxylic acids is 1. The molecule has 0 aromatic heterocycles. The Labute approximate surface area is 124 Å². The predicted molar refractivity (Wildman–Crippen MR) is 75.8 cm³/mol. The van der Waals surface area contributed by atoms with Crippen LogP contribution in [0.3, 0.4) is 0 Å². The molecule has 21 heavy (non-hydrogen) atoms. The van der Waals surface area contributed by atoms with Gasteiger partial charge in [-0.2, -0.15) is 0 Å². The number of urea groups is 1. The van der Waals surface area contributed by atoms with Crippen LogP contribution in [0.15, 0.2) is 0 Å². The molecular weight excluding hydrogens is 274 g/mol. The molecular formula is C14H23N3O4. The second kappa shape index (κ2) is 6.78. The minimum Gasteiger partial charge on any atom is -0.481 e. The molecule has 2 aliphatic rings. The van der Waals surface area contributed by atoms with Crippen molar-refractivity contribution >= 4 is 17.9 Å². The van der Waals surface area contributed by atoms with E-state index < -0.39 is 5.97 Å². The fourth-order valence-corrected chi connectivity index (χ4v) is 2.94. The zero-order valence-corrected chi connectivity index (χ0v) is 12.5. The van der Waals surface area contributed by atoms with Crippen molar-refractivity contribution in [2.24, 2.45) is 5.92 Å². The van der Waals surface area contributed by atoms with Crippen LogP contribution in [0.4, 0.5) is 4.79 Å². The van der Waals surface area contributed by atoms with Gasteiger partial charge in [-0.05, 0) is 19.3 Å². The quantitative estimate of drug-likeness (QED) is 0.762. The van der Waals surface area contributed by atoms with E-state index in [2.05, 4.69) is 0 Å². The van der Waals surface area contributed by atoms with E-state index in [0.717, 1.165) is 6.42 Å². The van der Waals surface area contributed by atoms with Crippen LogP contribution in [0.5, 0.6) is 0 Å². The van der Waals surface area contributed by atoms with Crippen molar-refractivity contribution < 1.29 is 19.5 Å². The molecule has 0 aromatic rings. The Morgan fingerprint density at radius 3 is 1.95 bits per heavy atom. The molecule has 0 saturated carbocycles. The molecule has 0 atom stereocenters. The molecule has 0 unspecified atom stereocenters. The lowest BCUT2D eigenvalue weighted by atomic mass is 9.97. The lowest BCUT2D eigenvalue weighted by Gasteiger charge is -2.34. The largest absolute Gasteiger partial charge is 0.481 e. The summed E-state index contributed by atoms with van der Waals surface area (Å²) in [5.74, 6) is -1.05. The maximum atomic E-state index is 12.5. The van der Waals surface area contributed by atoms with Crippen molar-refractivity contribution in [2.45, 2.75) is 26.2 Å². The molecule has 7 heteroatoms. The first-order valence-corrected chi connectivity index (χ1v) is 7.51. The Kier molecular flexibility index (Phi) is 5.03. The Morgan fingerprint density at radius 1 is 0.857 bits per heavy atom. The average Bonchev–Trinajstić information content (AvgIpc) is 2.72. The number of nitrogens with zero attached hydrogens (tertiary/aromatic N) is 3. The van der Waals surface area contributed by atoms with E-state index in [0.29, 0.717) is 52.1 Å². The number of hydrogen-bond acceptors (Lipinski definition) is 3. The zero-order chi connectivity index (χ0) is 15.4. The summed E-state index contributed by atoms with van der Waals surface area (Å²) >= 11 is 0. The van der Waals surface area contributed by atoms with Crippen molar-refractivity contribution in [1.29, 1.82) is 0 Å².